The summed E-state index contributed by atoms with van der Waals surface area (Å²) in [4.78, 5) is 1.79. The monoisotopic (exact) mass is 321 g/mol. The van der Waals surface area contributed by atoms with Gasteiger partial charge in [0, 0.05) is 31.5 Å². The number of hydrogen-bond donors (Lipinski definition) is 0. The average molecular weight is 321 g/mol. The molecule has 1 aromatic rings. The molecule has 23 heavy (non-hydrogen) atoms. The Labute approximate surface area is 135 Å². The Hall–Kier alpha value is -2.14. The Morgan fingerprint density at radius 1 is 1.13 bits per heavy atom. The normalized spacial score (nSPS) is 14.7. The van der Waals surface area contributed by atoms with Crippen LogP contribution in [0.5, 0.6) is 5.75 Å². The minimum Gasteiger partial charge on any atom is -0.491 e. The number of nitrogens with zero attached hydrogens (tertiary/aromatic N) is 1. The van der Waals surface area contributed by atoms with Gasteiger partial charge in [0.25, 0.3) is 0 Å². The van der Waals surface area contributed by atoms with Crippen molar-refractivity contribution in [3.05, 3.63) is 59.3 Å². The Morgan fingerprint density at radius 3 is 2.35 bits per heavy atom. The Morgan fingerprint density at radius 2 is 1.78 bits per heavy atom. The van der Waals surface area contributed by atoms with Crippen molar-refractivity contribution in [3.8, 4) is 5.75 Å². The van der Waals surface area contributed by atoms with Crippen LogP contribution in [0.4, 0.5) is 8.78 Å². The van der Waals surface area contributed by atoms with E-state index in [4.69, 9.17) is 9.47 Å². The maximum absolute atomic E-state index is 14.5. The van der Waals surface area contributed by atoms with Crippen LogP contribution >= 0.6 is 0 Å². The summed E-state index contributed by atoms with van der Waals surface area (Å²) in [5.41, 5.74) is 2.09. The predicted octanol–water partition coefficient (Wildman–Crippen LogP) is 4.13. The molecule has 5 heteroatoms. The molecule has 1 aliphatic rings. The van der Waals surface area contributed by atoms with E-state index in [0.29, 0.717) is 18.8 Å². The highest BCUT2D eigenvalue weighted by molar-refractivity contribution is 5.71. The van der Waals surface area contributed by atoms with Gasteiger partial charge >= 0.3 is 0 Å². The minimum absolute atomic E-state index is 0.0733. The van der Waals surface area contributed by atoms with Gasteiger partial charge in [-0.3, -0.25) is 0 Å². The fourth-order valence-corrected chi connectivity index (χ4v) is 2.45. The molecule has 0 amide bonds. The molecule has 124 valence electrons. The van der Waals surface area contributed by atoms with Gasteiger partial charge in [0.05, 0.1) is 17.9 Å². The largest absolute Gasteiger partial charge is 0.491 e. The zero-order chi connectivity index (χ0) is 17.0. The molecule has 0 unspecified atom stereocenters. The number of benzene rings is 1. The summed E-state index contributed by atoms with van der Waals surface area (Å²) < 4.78 is 39.1. The number of allylic oxidation sites excluding steroid dienone is 3. The Kier molecular flexibility index (Phi) is 5.55. The summed E-state index contributed by atoms with van der Waals surface area (Å²) in [6, 6.07) is 2.38. The number of hydrogen-bond acceptors (Lipinski definition) is 3. The second-order valence-corrected chi connectivity index (χ2v) is 5.20. The van der Waals surface area contributed by atoms with E-state index in [2.05, 4.69) is 6.58 Å². The molecule has 2 rings (SSSR count). The van der Waals surface area contributed by atoms with Crippen LogP contribution in [0.15, 0.2) is 42.1 Å². The van der Waals surface area contributed by atoms with Crippen LogP contribution in [0.3, 0.4) is 0 Å². The van der Waals surface area contributed by atoms with Crippen LogP contribution in [-0.2, 0) is 4.74 Å². The number of halogens is 2. The fourth-order valence-electron chi connectivity index (χ4n) is 2.45. The minimum atomic E-state index is -0.664. The summed E-state index contributed by atoms with van der Waals surface area (Å²) in [5.74, 6) is -1.18. The van der Waals surface area contributed by atoms with Gasteiger partial charge in [0.2, 0.25) is 0 Å². The zero-order valence-electron chi connectivity index (χ0n) is 13.7. The van der Waals surface area contributed by atoms with Gasteiger partial charge < -0.3 is 14.4 Å². The highest BCUT2D eigenvalue weighted by Crippen LogP contribution is 2.34. The number of likely N-dealkylation sites (N-methyl/N-ethyl adjacent to an activating group) is 1. The molecule has 0 atom stereocenters. The first-order valence-electron chi connectivity index (χ1n) is 7.46. The molecule has 0 bridgehead atoms. The van der Waals surface area contributed by atoms with Crippen molar-refractivity contribution in [1.29, 1.82) is 0 Å². The van der Waals surface area contributed by atoms with Crippen molar-refractivity contribution in [2.24, 2.45) is 0 Å². The van der Waals surface area contributed by atoms with E-state index in [9.17, 15) is 8.78 Å². The zero-order valence-corrected chi connectivity index (χ0v) is 13.7. The second-order valence-electron chi connectivity index (χ2n) is 5.20. The molecule has 0 N–H and O–H groups in total. The average Bonchev–Trinajstić information content (AvgIpc) is 2.50. The molecular weight excluding hydrogens is 300 g/mol. The molecule has 1 heterocycles. The SMILES string of the molecule is C=C1C(C)=CC=C(c2c(F)cc(OCCOC)cc2F)N1CC. The fraction of sp³-hybridized carbons (Fsp3) is 0.333. The number of rotatable bonds is 6. The van der Waals surface area contributed by atoms with E-state index >= 15 is 0 Å². The van der Waals surface area contributed by atoms with Gasteiger partial charge in [-0.1, -0.05) is 12.7 Å². The van der Waals surface area contributed by atoms with Gasteiger partial charge in [0.1, 0.15) is 24.0 Å². The van der Waals surface area contributed by atoms with Gasteiger partial charge in [-0.15, -0.1) is 0 Å². The highest BCUT2D eigenvalue weighted by atomic mass is 19.1. The lowest BCUT2D eigenvalue weighted by molar-refractivity contribution is 0.146. The van der Waals surface area contributed by atoms with Crippen molar-refractivity contribution in [2.75, 3.05) is 26.9 Å². The van der Waals surface area contributed by atoms with Crippen molar-refractivity contribution >= 4 is 5.70 Å². The molecule has 1 aromatic carbocycles. The predicted molar refractivity (Wildman–Crippen MR) is 87.0 cm³/mol. The maximum Gasteiger partial charge on any atom is 0.139 e. The van der Waals surface area contributed by atoms with Gasteiger partial charge in [0.15, 0.2) is 0 Å². The number of ether oxygens (including phenoxy) is 2. The molecule has 0 saturated heterocycles. The standard InChI is InChI=1S/C18H21F2NO2/c1-5-21-13(3)12(2)6-7-17(21)18-15(19)10-14(11-16(18)20)23-9-8-22-4/h6-7,10-11H,3,5,8-9H2,1-2,4H3. The molecule has 0 aromatic heterocycles. The quantitative estimate of drug-likeness (QED) is 0.736. The molecule has 1 aliphatic heterocycles. The van der Waals surface area contributed by atoms with Crippen molar-refractivity contribution < 1.29 is 18.3 Å². The van der Waals surface area contributed by atoms with E-state index in [-0.39, 0.29) is 17.9 Å². The summed E-state index contributed by atoms with van der Waals surface area (Å²) in [7, 11) is 1.53. The van der Waals surface area contributed by atoms with Crippen molar-refractivity contribution in [2.45, 2.75) is 13.8 Å². The molecule has 3 nitrogen and oxygen atoms in total. The molecule has 0 spiro atoms. The van der Waals surface area contributed by atoms with Gasteiger partial charge in [-0.05, 0) is 25.5 Å². The van der Waals surface area contributed by atoms with E-state index in [1.807, 2.05) is 19.9 Å². The molecular formula is C18H21F2NO2. The molecule has 0 fully saturated rings. The Bertz CT molecular complexity index is 642. The third-order valence-corrected chi connectivity index (χ3v) is 3.71. The first-order chi connectivity index (χ1) is 11.0. The lowest BCUT2D eigenvalue weighted by Crippen LogP contribution is -2.24. The van der Waals surface area contributed by atoms with Crippen molar-refractivity contribution in [1.82, 2.24) is 4.90 Å². The van der Waals surface area contributed by atoms with Crippen molar-refractivity contribution in [3.63, 3.8) is 0 Å². The molecule has 0 aliphatic carbocycles. The van der Waals surface area contributed by atoms with Crippen LogP contribution in [0.1, 0.15) is 19.4 Å². The molecule has 0 radical (unpaired) electrons. The maximum atomic E-state index is 14.5. The van der Waals surface area contributed by atoms with E-state index in [0.717, 1.165) is 11.3 Å². The van der Waals surface area contributed by atoms with E-state index in [1.54, 1.807) is 11.0 Å². The van der Waals surface area contributed by atoms with E-state index < -0.39 is 11.6 Å². The lowest BCUT2D eigenvalue weighted by Gasteiger charge is -2.31. The van der Waals surface area contributed by atoms with Crippen LogP contribution in [0, 0.1) is 11.6 Å². The van der Waals surface area contributed by atoms with Crippen LogP contribution < -0.4 is 4.74 Å². The first-order valence-corrected chi connectivity index (χ1v) is 7.46. The van der Waals surface area contributed by atoms with Gasteiger partial charge in [-0.25, -0.2) is 8.78 Å². The third-order valence-electron chi connectivity index (χ3n) is 3.71. The Balaban J connectivity index is 2.38. The summed E-state index contributed by atoms with van der Waals surface area (Å²) in [6.07, 6.45) is 3.52. The summed E-state index contributed by atoms with van der Waals surface area (Å²) in [6.45, 7) is 8.96. The van der Waals surface area contributed by atoms with E-state index in [1.165, 1.54) is 19.2 Å². The molecule has 0 saturated carbocycles. The van der Waals surface area contributed by atoms with Crippen LogP contribution in [-0.4, -0.2) is 31.8 Å². The highest BCUT2D eigenvalue weighted by Gasteiger charge is 2.23. The second kappa shape index (κ2) is 7.42. The van der Waals surface area contributed by atoms with Gasteiger partial charge in [-0.2, -0.15) is 0 Å². The lowest BCUT2D eigenvalue weighted by atomic mass is 10.0. The summed E-state index contributed by atoms with van der Waals surface area (Å²) >= 11 is 0. The van der Waals surface area contributed by atoms with Crippen LogP contribution in [0.2, 0.25) is 0 Å². The van der Waals surface area contributed by atoms with Crippen LogP contribution in [0.25, 0.3) is 5.70 Å². The summed E-state index contributed by atoms with van der Waals surface area (Å²) in [5, 5.41) is 0. The first kappa shape index (κ1) is 17.2. The third kappa shape index (κ3) is 3.62. The smallest absolute Gasteiger partial charge is 0.139 e. The number of methoxy groups -OCH3 is 1. The topological polar surface area (TPSA) is 21.7 Å².